The van der Waals surface area contributed by atoms with E-state index in [0.29, 0.717) is 0 Å². The van der Waals surface area contributed by atoms with Gasteiger partial charge in [-0.3, -0.25) is 9.79 Å². The third-order valence-electron chi connectivity index (χ3n) is 1.94. The standard InChI is InChI=1S/C10H15O4P.Li.H/c1-10(2,3)8-4-6-9(7-5-8)14-15(11,12)13;;/h4-7H,1-3H3,(H2,11,12,13);;/q;+1;-1. The van der Waals surface area contributed by atoms with Crippen LogP contribution >= 0.6 is 7.82 Å². The molecule has 0 aliphatic heterocycles. The van der Waals surface area contributed by atoms with E-state index < -0.39 is 7.82 Å². The second-order valence-corrected chi connectivity index (χ2v) is 5.52. The molecule has 1 aromatic carbocycles. The summed E-state index contributed by atoms with van der Waals surface area (Å²) in [5, 5.41) is 0. The van der Waals surface area contributed by atoms with Crippen molar-refractivity contribution >= 4 is 7.82 Å². The molecule has 2 N–H and O–H groups in total. The summed E-state index contributed by atoms with van der Waals surface area (Å²) in [5.74, 6) is 0.177. The molecule has 0 unspecified atom stereocenters. The Morgan fingerprint density at radius 2 is 1.62 bits per heavy atom. The minimum atomic E-state index is -4.44. The zero-order chi connectivity index (χ0) is 11.7. The Morgan fingerprint density at radius 3 is 1.94 bits per heavy atom. The van der Waals surface area contributed by atoms with Gasteiger partial charge in [-0.05, 0) is 23.1 Å². The number of hydrogen-bond donors (Lipinski definition) is 2. The van der Waals surface area contributed by atoms with Crippen molar-refractivity contribution in [1.82, 2.24) is 0 Å². The van der Waals surface area contributed by atoms with Gasteiger partial charge in [0.2, 0.25) is 0 Å². The molecule has 0 saturated heterocycles. The maximum Gasteiger partial charge on any atom is 1.00 e. The summed E-state index contributed by atoms with van der Waals surface area (Å²) < 4.78 is 15.0. The van der Waals surface area contributed by atoms with Crippen molar-refractivity contribution in [2.45, 2.75) is 26.2 Å². The van der Waals surface area contributed by atoms with Gasteiger partial charge in [-0.2, -0.15) is 0 Å². The molecule has 6 heteroatoms. The van der Waals surface area contributed by atoms with E-state index in [4.69, 9.17) is 9.79 Å². The van der Waals surface area contributed by atoms with Gasteiger partial charge in [-0.25, -0.2) is 4.57 Å². The van der Waals surface area contributed by atoms with Crippen molar-refractivity contribution in [3.05, 3.63) is 29.8 Å². The van der Waals surface area contributed by atoms with Crippen LogP contribution in [0.4, 0.5) is 0 Å². The Morgan fingerprint density at radius 1 is 1.19 bits per heavy atom. The van der Waals surface area contributed by atoms with Gasteiger partial charge in [-0.15, -0.1) is 0 Å². The van der Waals surface area contributed by atoms with E-state index in [0.717, 1.165) is 5.56 Å². The number of rotatable bonds is 2. The van der Waals surface area contributed by atoms with E-state index in [1.54, 1.807) is 24.3 Å². The fourth-order valence-corrected chi connectivity index (χ4v) is 1.55. The molecule has 1 aromatic rings. The van der Waals surface area contributed by atoms with Crippen LogP contribution in [0.25, 0.3) is 0 Å². The number of benzene rings is 1. The first kappa shape index (κ1) is 15.8. The Hall–Kier alpha value is -0.233. The smallest absolute Gasteiger partial charge is 1.00 e. The van der Waals surface area contributed by atoms with Crippen molar-refractivity contribution in [3.8, 4) is 5.75 Å². The van der Waals surface area contributed by atoms with Crippen molar-refractivity contribution in [2.24, 2.45) is 0 Å². The van der Waals surface area contributed by atoms with Crippen LogP contribution in [0, 0.1) is 0 Å². The van der Waals surface area contributed by atoms with E-state index in [-0.39, 0.29) is 31.5 Å². The van der Waals surface area contributed by atoms with E-state index in [1.807, 2.05) is 0 Å². The van der Waals surface area contributed by atoms with E-state index in [9.17, 15) is 4.57 Å². The van der Waals surface area contributed by atoms with E-state index >= 15 is 0 Å². The molecular formula is C10H16LiO4P. The van der Waals surface area contributed by atoms with Crippen LogP contribution in [-0.2, 0) is 9.98 Å². The van der Waals surface area contributed by atoms with E-state index in [1.165, 1.54) is 0 Å². The Bertz CT molecular complexity index is 382. The Balaban J connectivity index is 0. The second kappa shape index (κ2) is 5.40. The summed E-state index contributed by atoms with van der Waals surface area (Å²) >= 11 is 0. The molecule has 0 fully saturated rings. The molecule has 0 heterocycles. The van der Waals surface area contributed by atoms with Gasteiger partial charge in [0.25, 0.3) is 0 Å². The van der Waals surface area contributed by atoms with Crippen molar-refractivity contribution in [2.75, 3.05) is 0 Å². The maximum atomic E-state index is 10.6. The average Bonchev–Trinajstić information content (AvgIpc) is 2.00. The van der Waals surface area contributed by atoms with Crippen molar-refractivity contribution in [1.29, 1.82) is 0 Å². The van der Waals surface area contributed by atoms with Gasteiger partial charge in [0.15, 0.2) is 0 Å². The predicted octanol–water partition coefficient (Wildman–Crippen LogP) is -0.428. The number of phosphoric acid groups is 1. The molecule has 4 nitrogen and oxygen atoms in total. The van der Waals surface area contributed by atoms with Crippen LogP contribution in [0.2, 0.25) is 0 Å². The molecule has 1 rings (SSSR count). The van der Waals surface area contributed by atoms with Gasteiger partial charge in [0, 0.05) is 0 Å². The van der Waals surface area contributed by atoms with Crippen LogP contribution < -0.4 is 23.4 Å². The van der Waals surface area contributed by atoms with Gasteiger partial charge in [0.1, 0.15) is 5.75 Å². The molecule has 16 heavy (non-hydrogen) atoms. The summed E-state index contributed by atoms with van der Waals surface area (Å²) in [4.78, 5) is 17.2. The normalized spacial score (nSPS) is 11.8. The summed E-state index contributed by atoms with van der Waals surface area (Å²) in [5.41, 5.74) is 1.10. The molecule has 0 radical (unpaired) electrons. The van der Waals surface area contributed by atoms with Crippen LogP contribution in [0.5, 0.6) is 5.75 Å². The maximum absolute atomic E-state index is 10.6. The van der Waals surface area contributed by atoms with Crippen LogP contribution in [0.1, 0.15) is 27.8 Å². The topological polar surface area (TPSA) is 66.8 Å². The molecule has 0 spiro atoms. The largest absolute Gasteiger partial charge is 1.00 e. The van der Waals surface area contributed by atoms with Crippen LogP contribution in [-0.4, -0.2) is 9.79 Å². The predicted molar refractivity (Wildman–Crippen MR) is 58.9 cm³/mol. The molecule has 0 amide bonds. The third kappa shape index (κ3) is 5.20. The summed E-state index contributed by atoms with van der Waals surface area (Å²) in [6.45, 7) is 6.18. The Kier molecular flexibility index (Phi) is 5.32. The first-order valence-corrected chi connectivity index (χ1v) is 6.07. The van der Waals surface area contributed by atoms with Crippen LogP contribution in [0.3, 0.4) is 0 Å². The molecule has 0 saturated carbocycles. The number of phosphoric ester groups is 1. The molecule has 0 aromatic heterocycles. The summed E-state index contributed by atoms with van der Waals surface area (Å²) in [6.07, 6.45) is 0. The minimum Gasteiger partial charge on any atom is -1.00 e. The fraction of sp³-hybridized carbons (Fsp3) is 0.400. The second-order valence-electron chi connectivity index (χ2n) is 4.36. The van der Waals surface area contributed by atoms with Crippen LogP contribution in [0.15, 0.2) is 24.3 Å². The SMILES string of the molecule is CC(C)(C)c1ccc(OP(=O)(O)O)cc1.[H-].[Li+]. The zero-order valence-corrected chi connectivity index (χ0v) is 10.9. The van der Waals surface area contributed by atoms with Gasteiger partial charge in [0.05, 0.1) is 0 Å². The van der Waals surface area contributed by atoms with Crippen molar-refractivity contribution in [3.63, 3.8) is 0 Å². The zero-order valence-electron chi connectivity index (χ0n) is 11.0. The number of hydrogen-bond acceptors (Lipinski definition) is 2. The first-order chi connectivity index (χ1) is 6.68. The van der Waals surface area contributed by atoms with E-state index in [2.05, 4.69) is 25.3 Å². The third-order valence-corrected chi connectivity index (χ3v) is 2.39. The molecule has 0 bridgehead atoms. The fourth-order valence-electron chi connectivity index (χ4n) is 1.15. The monoisotopic (exact) mass is 238 g/mol. The minimum absolute atomic E-state index is 0. The molecular weight excluding hydrogens is 222 g/mol. The van der Waals surface area contributed by atoms with Gasteiger partial charge >= 0.3 is 26.7 Å². The molecule has 86 valence electrons. The van der Waals surface area contributed by atoms with Crippen molar-refractivity contribution < 1.29 is 39.2 Å². The summed E-state index contributed by atoms with van der Waals surface area (Å²) in [7, 11) is -4.44. The molecule has 0 aliphatic carbocycles. The molecule has 0 atom stereocenters. The Labute approximate surface area is 109 Å². The quantitative estimate of drug-likeness (QED) is 0.542. The first-order valence-electron chi connectivity index (χ1n) is 4.54. The molecule has 0 aliphatic rings. The average molecular weight is 238 g/mol. The van der Waals surface area contributed by atoms with Gasteiger partial charge in [-0.1, -0.05) is 32.9 Å². The van der Waals surface area contributed by atoms with Gasteiger partial charge < -0.3 is 5.95 Å². The summed E-state index contributed by atoms with van der Waals surface area (Å²) in [6, 6.07) is 6.70.